The second-order valence-corrected chi connectivity index (χ2v) is 5.49. The van der Waals surface area contributed by atoms with Crippen molar-refractivity contribution >= 4 is 22.6 Å². The molecule has 2 aromatic carbocycles. The Morgan fingerprint density at radius 3 is 2.70 bits per heavy atom. The summed E-state index contributed by atoms with van der Waals surface area (Å²) in [5.41, 5.74) is 3.56. The number of hydrogen-bond donors (Lipinski definition) is 1. The molecule has 0 saturated carbocycles. The van der Waals surface area contributed by atoms with E-state index in [4.69, 9.17) is 4.42 Å². The van der Waals surface area contributed by atoms with Crippen molar-refractivity contribution in [2.45, 2.75) is 20.3 Å². The zero-order valence-electron chi connectivity index (χ0n) is 12.7. The topological polar surface area (TPSA) is 42.2 Å². The third-order valence-electron chi connectivity index (χ3n) is 3.90. The van der Waals surface area contributed by atoms with Gasteiger partial charge >= 0.3 is 0 Å². The Morgan fingerprint density at radius 2 is 1.96 bits per heavy atom. The highest BCUT2D eigenvalue weighted by atomic mass is 19.1. The fraction of sp³-hybridized carbons (Fsp3) is 0.167. The van der Waals surface area contributed by atoms with E-state index in [0.29, 0.717) is 0 Å². The summed E-state index contributed by atoms with van der Waals surface area (Å²) in [6, 6.07) is 6.90. The average molecular weight is 315 g/mol. The first kappa shape index (κ1) is 15.2. The van der Waals surface area contributed by atoms with Crippen molar-refractivity contribution in [2.75, 3.05) is 5.32 Å². The summed E-state index contributed by atoms with van der Waals surface area (Å²) in [7, 11) is 0. The normalized spacial score (nSPS) is 11.0. The molecule has 5 heteroatoms. The summed E-state index contributed by atoms with van der Waals surface area (Å²) in [5, 5.41) is 3.31. The van der Waals surface area contributed by atoms with Gasteiger partial charge in [-0.15, -0.1) is 0 Å². The molecule has 1 N–H and O–H groups in total. The van der Waals surface area contributed by atoms with Crippen molar-refractivity contribution in [3.05, 3.63) is 64.9 Å². The van der Waals surface area contributed by atoms with Crippen LogP contribution in [0.15, 0.2) is 41.0 Å². The summed E-state index contributed by atoms with van der Waals surface area (Å²) in [6.45, 7) is 3.94. The van der Waals surface area contributed by atoms with Crippen molar-refractivity contribution in [3.63, 3.8) is 0 Å². The molecule has 0 saturated heterocycles. The molecule has 3 aromatic rings. The molecule has 23 heavy (non-hydrogen) atoms. The third kappa shape index (κ3) is 2.95. The van der Waals surface area contributed by atoms with E-state index < -0.39 is 17.5 Å². The van der Waals surface area contributed by atoms with E-state index in [1.54, 1.807) is 0 Å². The Balaban J connectivity index is 1.82. The standard InChI is InChI=1S/C18H15F2NO2/c1-10-3-5-14-12(9-23-18(14)11(10)2)7-17(22)21-16-6-4-13(19)8-15(16)20/h3-6,8-9H,7H2,1-2H3,(H,21,22). The highest BCUT2D eigenvalue weighted by Gasteiger charge is 2.14. The Hall–Kier alpha value is -2.69. The molecule has 0 spiro atoms. The lowest BCUT2D eigenvalue weighted by atomic mass is 10.0. The maximum absolute atomic E-state index is 13.6. The highest BCUT2D eigenvalue weighted by molar-refractivity contribution is 5.96. The number of nitrogens with one attached hydrogen (secondary N) is 1. The molecule has 0 atom stereocenters. The molecule has 1 aromatic heterocycles. The lowest BCUT2D eigenvalue weighted by molar-refractivity contribution is -0.115. The van der Waals surface area contributed by atoms with Crippen molar-refractivity contribution < 1.29 is 18.0 Å². The molecule has 0 radical (unpaired) electrons. The Labute approximate surface area is 131 Å². The second kappa shape index (κ2) is 5.83. The van der Waals surface area contributed by atoms with Crippen molar-refractivity contribution in [1.29, 1.82) is 0 Å². The van der Waals surface area contributed by atoms with Crippen LogP contribution < -0.4 is 5.32 Å². The minimum atomic E-state index is -0.804. The number of furan rings is 1. The number of fused-ring (bicyclic) bond motifs is 1. The van der Waals surface area contributed by atoms with E-state index in [0.717, 1.165) is 39.8 Å². The van der Waals surface area contributed by atoms with Crippen molar-refractivity contribution in [2.24, 2.45) is 0 Å². The van der Waals surface area contributed by atoms with Gasteiger partial charge in [0.15, 0.2) is 0 Å². The molecule has 1 heterocycles. The third-order valence-corrected chi connectivity index (χ3v) is 3.90. The van der Waals surface area contributed by atoms with Gasteiger partial charge in [-0.1, -0.05) is 12.1 Å². The van der Waals surface area contributed by atoms with Crippen LogP contribution in [0.5, 0.6) is 0 Å². The molecule has 0 aliphatic rings. The molecule has 0 aliphatic carbocycles. The van der Waals surface area contributed by atoms with Crippen LogP contribution in [-0.4, -0.2) is 5.91 Å². The molecule has 0 unspecified atom stereocenters. The van der Waals surface area contributed by atoms with Gasteiger partial charge < -0.3 is 9.73 Å². The summed E-state index contributed by atoms with van der Waals surface area (Å²) >= 11 is 0. The maximum Gasteiger partial charge on any atom is 0.229 e. The van der Waals surface area contributed by atoms with Crippen LogP contribution in [-0.2, 0) is 11.2 Å². The van der Waals surface area contributed by atoms with Crippen molar-refractivity contribution in [1.82, 2.24) is 0 Å². The van der Waals surface area contributed by atoms with Crippen LogP contribution >= 0.6 is 0 Å². The number of rotatable bonds is 3. The molecule has 1 amide bonds. The maximum atomic E-state index is 13.6. The van der Waals surface area contributed by atoms with Gasteiger partial charge in [-0.3, -0.25) is 4.79 Å². The summed E-state index contributed by atoms with van der Waals surface area (Å²) < 4.78 is 32.0. The molecule has 0 fully saturated rings. The Kier molecular flexibility index (Phi) is 3.86. The number of anilines is 1. The monoisotopic (exact) mass is 315 g/mol. The van der Waals surface area contributed by atoms with Gasteiger partial charge in [-0.2, -0.15) is 0 Å². The number of amides is 1. The second-order valence-electron chi connectivity index (χ2n) is 5.49. The summed E-state index contributed by atoms with van der Waals surface area (Å²) in [4.78, 5) is 12.1. The number of halogens is 2. The lowest BCUT2D eigenvalue weighted by Crippen LogP contribution is -2.15. The van der Waals surface area contributed by atoms with Gasteiger partial charge in [0.05, 0.1) is 18.4 Å². The first-order valence-electron chi connectivity index (χ1n) is 7.17. The molecular formula is C18H15F2NO2. The SMILES string of the molecule is Cc1ccc2c(CC(=O)Nc3ccc(F)cc3F)coc2c1C. The Bertz CT molecular complexity index is 899. The molecule has 0 aliphatic heterocycles. The quantitative estimate of drug-likeness (QED) is 0.772. The predicted molar refractivity (Wildman–Crippen MR) is 84.4 cm³/mol. The predicted octanol–water partition coefficient (Wildman–Crippen LogP) is 4.51. The van der Waals surface area contributed by atoms with Crippen LogP contribution in [0.4, 0.5) is 14.5 Å². The van der Waals surface area contributed by atoms with Gasteiger partial charge in [0.1, 0.15) is 17.2 Å². The largest absolute Gasteiger partial charge is 0.464 e. The van der Waals surface area contributed by atoms with Gasteiger partial charge in [0.2, 0.25) is 5.91 Å². The number of hydrogen-bond acceptors (Lipinski definition) is 2. The first-order chi connectivity index (χ1) is 11.0. The molecule has 0 bridgehead atoms. The summed E-state index contributed by atoms with van der Waals surface area (Å²) in [6.07, 6.45) is 1.59. The Morgan fingerprint density at radius 1 is 1.17 bits per heavy atom. The minimum Gasteiger partial charge on any atom is -0.464 e. The minimum absolute atomic E-state index is 0.0452. The molecule has 3 nitrogen and oxygen atoms in total. The zero-order valence-corrected chi connectivity index (χ0v) is 12.7. The average Bonchev–Trinajstić information content (AvgIpc) is 2.89. The van der Waals surface area contributed by atoms with E-state index in [-0.39, 0.29) is 12.1 Å². The van der Waals surface area contributed by atoms with Gasteiger partial charge in [-0.05, 0) is 37.1 Å². The van der Waals surface area contributed by atoms with Crippen LogP contribution in [0.2, 0.25) is 0 Å². The highest BCUT2D eigenvalue weighted by Crippen LogP contribution is 2.27. The number of benzene rings is 2. The van der Waals surface area contributed by atoms with E-state index in [1.807, 2.05) is 26.0 Å². The smallest absolute Gasteiger partial charge is 0.229 e. The van der Waals surface area contributed by atoms with E-state index in [2.05, 4.69) is 5.32 Å². The van der Waals surface area contributed by atoms with Gasteiger partial charge in [-0.25, -0.2) is 8.78 Å². The zero-order chi connectivity index (χ0) is 16.6. The van der Waals surface area contributed by atoms with Crippen LogP contribution in [0.25, 0.3) is 11.0 Å². The summed E-state index contributed by atoms with van der Waals surface area (Å²) in [5.74, 6) is -1.88. The first-order valence-corrected chi connectivity index (χ1v) is 7.17. The van der Waals surface area contributed by atoms with Gasteiger partial charge in [0, 0.05) is 17.0 Å². The molecular weight excluding hydrogens is 300 g/mol. The van der Waals surface area contributed by atoms with E-state index in [1.165, 1.54) is 12.3 Å². The van der Waals surface area contributed by atoms with Crippen LogP contribution in [0, 0.1) is 25.5 Å². The van der Waals surface area contributed by atoms with E-state index >= 15 is 0 Å². The van der Waals surface area contributed by atoms with E-state index in [9.17, 15) is 13.6 Å². The number of carbonyl (C=O) groups is 1. The van der Waals surface area contributed by atoms with Crippen LogP contribution in [0.1, 0.15) is 16.7 Å². The van der Waals surface area contributed by atoms with Gasteiger partial charge in [0.25, 0.3) is 0 Å². The molecule has 118 valence electrons. The van der Waals surface area contributed by atoms with Crippen LogP contribution in [0.3, 0.4) is 0 Å². The molecule has 3 rings (SSSR count). The fourth-order valence-corrected chi connectivity index (χ4v) is 2.48. The van der Waals surface area contributed by atoms with Crippen molar-refractivity contribution in [3.8, 4) is 0 Å². The lowest BCUT2D eigenvalue weighted by Gasteiger charge is -2.06. The number of aryl methyl sites for hydroxylation is 2. The fourth-order valence-electron chi connectivity index (χ4n) is 2.48. The number of carbonyl (C=O) groups excluding carboxylic acids is 1.